The maximum atomic E-state index is 13.7. The molecule has 0 atom stereocenters. The number of alkyl halides is 2. The first-order valence-corrected chi connectivity index (χ1v) is 8.49. The van der Waals surface area contributed by atoms with Gasteiger partial charge in [0.1, 0.15) is 0 Å². The van der Waals surface area contributed by atoms with Crippen LogP contribution in [-0.4, -0.2) is 21.9 Å². The molecule has 1 aromatic carbocycles. The van der Waals surface area contributed by atoms with Crippen LogP contribution in [-0.2, 0) is 10.3 Å². The zero-order valence-electron chi connectivity index (χ0n) is 14.9. The Bertz CT molecular complexity index is 856. The Morgan fingerprint density at radius 2 is 1.92 bits per heavy atom. The van der Waals surface area contributed by atoms with Gasteiger partial charge in [-0.3, -0.25) is 10.1 Å². The largest absolute Gasteiger partial charge is 0.304 e. The fourth-order valence-corrected chi connectivity index (χ4v) is 3.27. The van der Waals surface area contributed by atoms with Crippen molar-refractivity contribution in [2.75, 3.05) is 5.32 Å². The predicted octanol–water partition coefficient (Wildman–Crippen LogP) is 4.83. The lowest BCUT2D eigenvalue weighted by molar-refractivity contribution is -0.120. The number of anilines is 1. The number of carbonyl (C=O) groups is 1. The molecule has 0 aliphatic heterocycles. The number of fused-ring (bicyclic) bond motifs is 1. The maximum Gasteiger partial charge on any atom is 0.244 e. The lowest BCUT2D eigenvalue weighted by Crippen LogP contribution is -2.38. The highest BCUT2D eigenvalue weighted by Crippen LogP contribution is 2.43. The number of carbonyl (C=O) groups excluding carboxylic acids is 1. The van der Waals surface area contributed by atoms with Gasteiger partial charge in [0.25, 0.3) is 0 Å². The summed E-state index contributed by atoms with van der Waals surface area (Å²) in [4.78, 5) is 16.5. The smallest absolute Gasteiger partial charge is 0.244 e. The van der Waals surface area contributed by atoms with Gasteiger partial charge in [-0.25, -0.2) is 22.5 Å². The number of hydrogen-bond acceptors (Lipinski definition) is 2. The summed E-state index contributed by atoms with van der Waals surface area (Å²) < 4.78 is 55.0. The quantitative estimate of drug-likeness (QED) is 0.765. The van der Waals surface area contributed by atoms with Gasteiger partial charge in [0.2, 0.25) is 18.3 Å². The first kappa shape index (κ1) is 18.7. The van der Waals surface area contributed by atoms with Crippen molar-refractivity contribution in [1.29, 1.82) is 0 Å². The molecule has 2 aromatic rings. The van der Waals surface area contributed by atoms with E-state index in [2.05, 4.69) is 10.3 Å². The number of amides is 1. The van der Waals surface area contributed by atoms with Gasteiger partial charge in [-0.05, 0) is 26.2 Å². The standard InChI is InChI=1S/C18H21F4N3O/c1-17(2,15(21)22)9-14(26)24-16-23-12-7-10(19)11(20)8-13(12)25(16)18(3)5-4-6-18/h7-8,15H,4-6,9H2,1-3H3,(H,23,24,26). The first-order chi connectivity index (χ1) is 12.0. The minimum atomic E-state index is -2.65. The van der Waals surface area contributed by atoms with Gasteiger partial charge in [0, 0.05) is 29.5 Å². The fourth-order valence-electron chi connectivity index (χ4n) is 3.27. The zero-order valence-corrected chi connectivity index (χ0v) is 14.9. The molecule has 1 aliphatic rings. The topological polar surface area (TPSA) is 46.9 Å². The normalized spacial score (nSPS) is 16.8. The molecule has 0 spiro atoms. The Labute approximate surface area is 148 Å². The molecular weight excluding hydrogens is 350 g/mol. The van der Waals surface area contributed by atoms with Crippen molar-refractivity contribution in [2.24, 2.45) is 5.41 Å². The van der Waals surface area contributed by atoms with Crippen LogP contribution in [0, 0.1) is 17.0 Å². The van der Waals surface area contributed by atoms with E-state index < -0.39 is 35.8 Å². The maximum absolute atomic E-state index is 13.7. The molecule has 3 rings (SSSR count). The second kappa shape index (κ2) is 6.25. The molecule has 26 heavy (non-hydrogen) atoms. The summed E-state index contributed by atoms with van der Waals surface area (Å²) in [6.07, 6.45) is -0.496. The molecule has 1 N–H and O–H groups in total. The summed E-state index contributed by atoms with van der Waals surface area (Å²) in [7, 11) is 0. The Balaban J connectivity index is 2.00. The second-order valence-electron chi connectivity index (χ2n) is 7.89. The third-order valence-corrected chi connectivity index (χ3v) is 5.13. The third kappa shape index (κ3) is 3.17. The second-order valence-corrected chi connectivity index (χ2v) is 7.89. The van der Waals surface area contributed by atoms with E-state index in [-0.39, 0.29) is 17.0 Å². The van der Waals surface area contributed by atoms with Gasteiger partial charge in [0.15, 0.2) is 11.6 Å². The van der Waals surface area contributed by atoms with E-state index in [1.165, 1.54) is 13.8 Å². The lowest BCUT2D eigenvalue weighted by Gasteiger charge is -2.41. The lowest BCUT2D eigenvalue weighted by atomic mass is 9.78. The van der Waals surface area contributed by atoms with Gasteiger partial charge >= 0.3 is 0 Å². The molecule has 1 amide bonds. The summed E-state index contributed by atoms with van der Waals surface area (Å²) >= 11 is 0. The van der Waals surface area contributed by atoms with Crippen molar-refractivity contribution >= 4 is 22.9 Å². The monoisotopic (exact) mass is 371 g/mol. The number of benzene rings is 1. The average molecular weight is 371 g/mol. The molecule has 1 aliphatic carbocycles. The minimum absolute atomic E-state index is 0.127. The Hall–Kier alpha value is -2.12. The summed E-state index contributed by atoms with van der Waals surface area (Å²) in [5.74, 6) is -2.52. The van der Waals surface area contributed by atoms with Gasteiger partial charge in [-0.2, -0.15) is 0 Å². The van der Waals surface area contributed by atoms with Crippen molar-refractivity contribution in [3.05, 3.63) is 23.8 Å². The number of nitrogens with zero attached hydrogens (tertiary/aromatic N) is 2. The molecule has 4 nitrogen and oxygen atoms in total. The highest BCUT2D eigenvalue weighted by molar-refractivity contribution is 5.92. The molecule has 0 radical (unpaired) electrons. The van der Waals surface area contributed by atoms with Crippen molar-refractivity contribution in [2.45, 2.75) is 58.4 Å². The van der Waals surface area contributed by atoms with Crippen molar-refractivity contribution in [3.8, 4) is 0 Å². The molecule has 1 aromatic heterocycles. The third-order valence-electron chi connectivity index (χ3n) is 5.13. The fraction of sp³-hybridized carbons (Fsp3) is 0.556. The molecule has 142 valence electrons. The molecule has 0 saturated heterocycles. The highest BCUT2D eigenvalue weighted by atomic mass is 19.3. The Morgan fingerprint density at radius 1 is 1.31 bits per heavy atom. The minimum Gasteiger partial charge on any atom is -0.304 e. The molecule has 1 fully saturated rings. The van der Waals surface area contributed by atoms with E-state index in [4.69, 9.17) is 0 Å². The van der Waals surface area contributed by atoms with Gasteiger partial charge in [-0.1, -0.05) is 13.8 Å². The van der Waals surface area contributed by atoms with Crippen LogP contribution in [0.1, 0.15) is 46.5 Å². The van der Waals surface area contributed by atoms with Crippen LogP contribution in [0.5, 0.6) is 0 Å². The van der Waals surface area contributed by atoms with Crippen LogP contribution in [0.3, 0.4) is 0 Å². The molecule has 8 heteroatoms. The number of hydrogen-bond donors (Lipinski definition) is 1. The number of imidazole rings is 1. The van der Waals surface area contributed by atoms with Crippen LogP contribution >= 0.6 is 0 Å². The van der Waals surface area contributed by atoms with E-state index in [1.54, 1.807) is 4.57 Å². The molecule has 1 saturated carbocycles. The van der Waals surface area contributed by atoms with E-state index in [9.17, 15) is 22.4 Å². The molecule has 0 bridgehead atoms. The summed E-state index contributed by atoms with van der Waals surface area (Å²) in [6.45, 7) is 4.55. The summed E-state index contributed by atoms with van der Waals surface area (Å²) in [5, 5.41) is 2.56. The van der Waals surface area contributed by atoms with Crippen LogP contribution in [0.25, 0.3) is 11.0 Å². The van der Waals surface area contributed by atoms with Gasteiger partial charge in [-0.15, -0.1) is 0 Å². The number of rotatable bonds is 5. The van der Waals surface area contributed by atoms with Crippen LogP contribution in [0.4, 0.5) is 23.5 Å². The average Bonchev–Trinajstić information content (AvgIpc) is 2.81. The van der Waals surface area contributed by atoms with Crippen molar-refractivity contribution in [1.82, 2.24) is 9.55 Å². The number of halogens is 4. The van der Waals surface area contributed by atoms with Crippen LogP contribution in [0.2, 0.25) is 0 Å². The first-order valence-electron chi connectivity index (χ1n) is 8.49. The zero-order chi connectivity index (χ0) is 19.3. The predicted molar refractivity (Wildman–Crippen MR) is 90.2 cm³/mol. The number of aromatic nitrogens is 2. The van der Waals surface area contributed by atoms with Crippen molar-refractivity contribution in [3.63, 3.8) is 0 Å². The van der Waals surface area contributed by atoms with Crippen LogP contribution < -0.4 is 5.32 Å². The Kier molecular flexibility index (Phi) is 4.48. The van der Waals surface area contributed by atoms with Gasteiger partial charge in [0.05, 0.1) is 11.0 Å². The van der Waals surface area contributed by atoms with Crippen LogP contribution in [0.15, 0.2) is 12.1 Å². The van der Waals surface area contributed by atoms with E-state index in [1.807, 2.05) is 6.92 Å². The Morgan fingerprint density at radius 3 is 2.46 bits per heavy atom. The SMILES string of the molecule is CC(C)(CC(=O)Nc1nc2cc(F)c(F)cc2n1C1(C)CCC1)C(F)F. The highest BCUT2D eigenvalue weighted by Gasteiger charge is 2.38. The number of nitrogens with one attached hydrogen (secondary N) is 1. The molecule has 1 heterocycles. The summed E-state index contributed by atoms with van der Waals surface area (Å²) in [6, 6.07) is 2.03. The van der Waals surface area contributed by atoms with E-state index in [0.29, 0.717) is 5.52 Å². The summed E-state index contributed by atoms with van der Waals surface area (Å²) in [5.41, 5.74) is -1.30. The molecule has 0 unspecified atom stereocenters. The van der Waals surface area contributed by atoms with E-state index in [0.717, 1.165) is 31.4 Å². The van der Waals surface area contributed by atoms with E-state index >= 15 is 0 Å². The molecular formula is C18H21F4N3O. The van der Waals surface area contributed by atoms with Crippen molar-refractivity contribution < 1.29 is 22.4 Å². The van der Waals surface area contributed by atoms with Gasteiger partial charge < -0.3 is 4.57 Å².